The molecule has 0 spiro atoms. The van der Waals surface area contributed by atoms with Gasteiger partial charge in [0, 0.05) is 0 Å². The highest BCUT2D eigenvalue weighted by molar-refractivity contribution is 7.57. The first-order valence-electron chi connectivity index (χ1n) is 7.20. The second-order valence-electron chi connectivity index (χ2n) is 4.97. The quantitative estimate of drug-likeness (QED) is 0.506. The van der Waals surface area contributed by atoms with E-state index < -0.39 is 30.7 Å². The van der Waals surface area contributed by atoms with E-state index in [1.165, 1.54) is 13.8 Å². The summed E-state index contributed by atoms with van der Waals surface area (Å²) in [7, 11) is -3.00. The van der Waals surface area contributed by atoms with E-state index in [4.69, 9.17) is 19.5 Å². The Kier molecular flexibility index (Phi) is 6.15. The Bertz CT molecular complexity index is 623. The lowest BCUT2D eigenvalue weighted by Crippen LogP contribution is -2.50. The number of rotatable bonds is 7. The van der Waals surface area contributed by atoms with Gasteiger partial charge in [-0.3, -0.25) is 9.36 Å². The summed E-state index contributed by atoms with van der Waals surface area (Å²) in [5.41, 5.74) is 6.93. The normalized spacial score (nSPS) is 21.2. The highest BCUT2D eigenvalue weighted by Gasteiger charge is 2.64. The third-order valence-electron chi connectivity index (χ3n) is 3.56. The molecular weight excluding hydrogens is 341 g/mol. The van der Waals surface area contributed by atoms with E-state index in [0.717, 1.165) is 12.1 Å². The molecule has 0 radical (unpaired) electrons. The lowest BCUT2D eigenvalue weighted by Gasteiger charge is -2.32. The largest absolute Gasteiger partial charge is 0.466 e. The summed E-state index contributed by atoms with van der Waals surface area (Å²) in [5.74, 6) is -1.76. The number of hydrogen-bond donors (Lipinski definition) is 2. The Labute approximate surface area is 139 Å². The molecule has 24 heavy (non-hydrogen) atoms. The molecule has 1 aliphatic heterocycles. The number of methoxy groups -OCH3 is 1. The van der Waals surface area contributed by atoms with Crippen molar-refractivity contribution in [2.45, 2.75) is 32.9 Å². The molecule has 0 aliphatic carbocycles. The van der Waals surface area contributed by atoms with Gasteiger partial charge >= 0.3 is 19.6 Å². The zero-order valence-corrected chi connectivity index (χ0v) is 15.1. The molecule has 0 saturated heterocycles. The van der Waals surface area contributed by atoms with Crippen LogP contribution in [0.3, 0.4) is 0 Å². The Morgan fingerprint density at radius 2 is 1.79 bits per heavy atom. The van der Waals surface area contributed by atoms with Crippen LogP contribution < -0.4 is 11.2 Å². The topological polar surface area (TPSA) is 137 Å². The average molecular weight is 363 g/mol. The fraction of sp³-hybridized carbons (Fsp3) is 0.615. The molecule has 11 heteroatoms. The van der Waals surface area contributed by atoms with E-state index in [1.54, 1.807) is 13.8 Å². The van der Waals surface area contributed by atoms with Crippen molar-refractivity contribution in [1.82, 2.24) is 10.4 Å². The van der Waals surface area contributed by atoms with E-state index in [-0.39, 0.29) is 24.5 Å². The van der Waals surface area contributed by atoms with Crippen molar-refractivity contribution in [3.63, 3.8) is 0 Å². The van der Waals surface area contributed by atoms with Crippen molar-refractivity contribution in [3.05, 3.63) is 11.3 Å². The molecule has 3 amide bonds. The van der Waals surface area contributed by atoms with E-state index in [2.05, 4.69) is 5.43 Å². The number of nitrogens with one attached hydrogen (secondary N) is 1. The van der Waals surface area contributed by atoms with Gasteiger partial charge in [0.25, 0.3) is 5.91 Å². The van der Waals surface area contributed by atoms with E-state index in [1.807, 2.05) is 0 Å². The fourth-order valence-electron chi connectivity index (χ4n) is 2.52. The summed E-state index contributed by atoms with van der Waals surface area (Å²) in [4.78, 5) is 36.3. The number of ether oxygens (including phenoxy) is 1. The van der Waals surface area contributed by atoms with Gasteiger partial charge in [-0.2, -0.15) is 0 Å². The highest BCUT2D eigenvalue weighted by atomic mass is 31.2. The molecular formula is C13H22N3O7P. The van der Waals surface area contributed by atoms with Crippen molar-refractivity contribution in [2.24, 2.45) is 5.73 Å². The molecule has 0 saturated carbocycles. The van der Waals surface area contributed by atoms with Crippen LogP contribution in [0.2, 0.25) is 0 Å². The average Bonchev–Trinajstić information content (AvgIpc) is 2.69. The number of nitrogens with zero attached hydrogens (tertiary/aromatic N) is 1. The van der Waals surface area contributed by atoms with Crippen LogP contribution >= 0.6 is 7.60 Å². The summed E-state index contributed by atoms with van der Waals surface area (Å²) in [6.07, 6.45) is 0. The van der Waals surface area contributed by atoms with E-state index in [0.29, 0.717) is 0 Å². The lowest BCUT2D eigenvalue weighted by molar-refractivity contribution is -0.138. The number of allylic oxidation sites excluding steroid dienone is 1. The predicted octanol–water partition coefficient (Wildman–Crippen LogP) is 0.884. The number of esters is 1. The molecule has 0 bridgehead atoms. The number of carbonyl (C=O) groups excluding carboxylic acids is 3. The minimum absolute atomic E-state index is 0.0170. The number of primary amides is 1. The van der Waals surface area contributed by atoms with Crippen LogP contribution in [0, 0.1) is 0 Å². The third kappa shape index (κ3) is 3.04. The second-order valence-corrected chi connectivity index (χ2v) is 7.38. The van der Waals surface area contributed by atoms with Gasteiger partial charge in [0.05, 0.1) is 31.6 Å². The first kappa shape index (κ1) is 20.1. The SMILES string of the molecule is CCOP(=O)(OCC)C1(C)C(=O)N(NC(N)=O)C(C)=C1C(=O)OC. The minimum Gasteiger partial charge on any atom is -0.466 e. The molecule has 10 nitrogen and oxygen atoms in total. The van der Waals surface area contributed by atoms with Gasteiger partial charge in [-0.25, -0.2) is 20.0 Å². The summed E-state index contributed by atoms with van der Waals surface area (Å²) < 4.78 is 28.5. The van der Waals surface area contributed by atoms with Crippen LogP contribution in [0.15, 0.2) is 11.3 Å². The van der Waals surface area contributed by atoms with Crippen molar-refractivity contribution >= 4 is 25.5 Å². The van der Waals surface area contributed by atoms with Gasteiger partial charge in [-0.1, -0.05) is 0 Å². The molecule has 0 fully saturated rings. The first-order chi connectivity index (χ1) is 11.1. The molecule has 1 heterocycles. The third-order valence-corrected chi connectivity index (χ3v) is 6.27. The molecule has 0 aromatic rings. The minimum atomic E-state index is -4.12. The first-order valence-corrected chi connectivity index (χ1v) is 8.74. The predicted molar refractivity (Wildman–Crippen MR) is 83.5 cm³/mol. The second kappa shape index (κ2) is 7.33. The van der Waals surface area contributed by atoms with Gasteiger partial charge < -0.3 is 19.5 Å². The maximum Gasteiger partial charge on any atom is 0.350 e. The zero-order valence-electron chi connectivity index (χ0n) is 14.2. The van der Waals surface area contributed by atoms with E-state index in [9.17, 15) is 18.9 Å². The van der Waals surface area contributed by atoms with Crippen LogP contribution in [0.5, 0.6) is 0 Å². The smallest absolute Gasteiger partial charge is 0.350 e. The number of nitrogens with two attached hydrogens (primary N) is 1. The monoisotopic (exact) mass is 363 g/mol. The zero-order chi connectivity index (χ0) is 18.7. The molecule has 1 rings (SSSR count). The van der Waals surface area contributed by atoms with Crippen molar-refractivity contribution in [2.75, 3.05) is 20.3 Å². The van der Waals surface area contributed by atoms with Gasteiger partial charge in [0.1, 0.15) is 0 Å². The molecule has 1 atom stereocenters. The lowest BCUT2D eigenvalue weighted by atomic mass is 10.0. The Morgan fingerprint density at radius 3 is 2.17 bits per heavy atom. The van der Waals surface area contributed by atoms with E-state index >= 15 is 0 Å². The van der Waals surface area contributed by atoms with Crippen molar-refractivity contribution < 1.29 is 32.7 Å². The number of carbonyl (C=O) groups is 3. The van der Waals surface area contributed by atoms with Crippen LogP contribution in [-0.4, -0.2) is 48.4 Å². The Morgan fingerprint density at radius 1 is 1.29 bits per heavy atom. The molecule has 0 aromatic heterocycles. The molecule has 136 valence electrons. The highest BCUT2D eigenvalue weighted by Crippen LogP contribution is 2.65. The number of hydrogen-bond acceptors (Lipinski definition) is 7. The van der Waals surface area contributed by atoms with Gasteiger partial charge in [0.15, 0.2) is 5.16 Å². The Hall–Kier alpha value is -1.90. The van der Waals surface area contributed by atoms with Gasteiger partial charge in [-0.05, 0) is 27.7 Å². The number of hydrazine groups is 1. The molecule has 0 aromatic carbocycles. The Balaban J connectivity index is 3.62. The van der Waals surface area contributed by atoms with Gasteiger partial charge in [0.2, 0.25) is 0 Å². The van der Waals surface area contributed by atoms with Crippen LogP contribution in [0.25, 0.3) is 0 Å². The summed E-state index contributed by atoms with van der Waals surface area (Å²) in [6.45, 7) is 5.74. The number of urea groups is 1. The standard InChI is InChI=1S/C13H22N3O7P/c1-6-22-24(20,23-7-2)13(4)9(10(17)21-5)8(3)16(11(13)18)15-12(14)19/h6-7H2,1-5H3,(H3,14,15,19). The fourth-order valence-corrected chi connectivity index (χ4v) is 4.66. The molecule has 1 aliphatic rings. The summed E-state index contributed by atoms with van der Waals surface area (Å²) in [5, 5.41) is -1.24. The van der Waals surface area contributed by atoms with Gasteiger partial charge in [-0.15, -0.1) is 0 Å². The van der Waals surface area contributed by atoms with Crippen molar-refractivity contribution in [1.29, 1.82) is 0 Å². The molecule has 1 unspecified atom stereocenters. The maximum atomic E-state index is 13.3. The number of amides is 3. The summed E-state index contributed by atoms with van der Waals surface area (Å²) in [6, 6.07) is -1.03. The maximum absolute atomic E-state index is 13.3. The van der Waals surface area contributed by atoms with Crippen LogP contribution in [0.4, 0.5) is 4.79 Å². The van der Waals surface area contributed by atoms with Crippen molar-refractivity contribution in [3.8, 4) is 0 Å². The van der Waals surface area contributed by atoms with Crippen LogP contribution in [-0.2, 0) is 27.9 Å². The van der Waals surface area contributed by atoms with Crippen LogP contribution in [0.1, 0.15) is 27.7 Å². The molecule has 3 N–H and O–H groups in total. The summed E-state index contributed by atoms with van der Waals surface area (Å²) >= 11 is 0.